The summed E-state index contributed by atoms with van der Waals surface area (Å²) in [5.74, 6) is 0.550. The van der Waals surface area contributed by atoms with Gasteiger partial charge in [-0.15, -0.1) is 0 Å². The first-order valence-corrected chi connectivity index (χ1v) is 6.86. The Morgan fingerprint density at radius 1 is 1.11 bits per heavy atom. The largest absolute Gasteiger partial charge is 0.444 e. The van der Waals surface area contributed by atoms with Gasteiger partial charge < -0.3 is 15.8 Å². The number of hydrogen-bond donors (Lipinski definition) is 2. The van der Waals surface area contributed by atoms with Gasteiger partial charge in [-0.1, -0.05) is 0 Å². The first kappa shape index (κ1) is 15.3. The van der Waals surface area contributed by atoms with Crippen LogP contribution in [-0.4, -0.2) is 23.3 Å². The van der Waals surface area contributed by atoms with Gasteiger partial charge >= 0.3 is 6.09 Å². The molecule has 0 aliphatic heterocycles. The van der Waals surface area contributed by atoms with E-state index in [2.05, 4.69) is 19.2 Å². The molecule has 0 atom stereocenters. The molecule has 0 aromatic carbocycles. The van der Waals surface area contributed by atoms with Crippen LogP contribution >= 0.6 is 0 Å². The van der Waals surface area contributed by atoms with Gasteiger partial charge in [-0.05, 0) is 66.2 Å². The molecular formula is C14H28N2O2. The van der Waals surface area contributed by atoms with Crippen molar-refractivity contribution in [3.63, 3.8) is 0 Å². The Morgan fingerprint density at radius 2 is 1.61 bits per heavy atom. The van der Waals surface area contributed by atoms with Crippen molar-refractivity contribution < 1.29 is 9.53 Å². The Bertz CT molecular complexity index is 281. The van der Waals surface area contributed by atoms with Crippen LogP contribution in [0.3, 0.4) is 0 Å². The summed E-state index contributed by atoms with van der Waals surface area (Å²) in [7, 11) is 0. The second-order valence-electron chi connectivity index (χ2n) is 7.02. The third kappa shape index (κ3) is 5.25. The van der Waals surface area contributed by atoms with E-state index >= 15 is 0 Å². The van der Waals surface area contributed by atoms with Crippen LogP contribution in [0.25, 0.3) is 0 Å². The number of nitrogens with one attached hydrogen (secondary N) is 1. The molecule has 0 saturated heterocycles. The molecule has 4 heteroatoms. The highest BCUT2D eigenvalue weighted by Gasteiger charge is 2.31. The highest BCUT2D eigenvalue weighted by atomic mass is 16.6. The predicted molar refractivity (Wildman–Crippen MR) is 73.4 cm³/mol. The summed E-state index contributed by atoms with van der Waals surface area (Å²) >= 11 is 0. The normalized spacial score (nSPS) is 25.7. The molecule has 0 bridgehead atoms. The lowest BCUT2D eigenvalue weighted by Crippen LogP contribution is -2.46. The number of hydrogen-bond acceptors (Lipinski definition) is 3. The van der Waals surface area contributed by atoms with Crippen molar-refractivity contribution in [1.82, 2.24) is 5.32 Å². The van der Waals surface area contributed by atoms with Crippen molar-refractivity contribution in [2.45, 2.75) is 77.5 Å². The molecule has 1 amide bonds. The molecule has 1 rings (SSSR count). The lowest BCUT2D eigenvalue weighted by molar-refractivity contribution is 0.0482. The van der Waals surface area contributed by atoms with Crippen molar-refractivity contribution in [1.29, 1.82) is 0 Å². The molecule has 0 unspecified atom stereocenters. The van der Waals surface area contributed by atoms with Crippen LogP contribution in [0.5, 0.6) is 0 Å². The van der Waals surface area contributed by atoms with Crippen molar-refractivity contribution in [2.24, 2.45) is 11.7 Å². The fraction of sp³-hybridized carbons (Fsp3) is 0.929. The van der Waals surface area contributed by atoms with E-state index in [1.807, 2.05) is 20.8 Å². The summed E-state index contributed by atoms with van der Waals surface area (Å²) in [5, 5.41) is 2.95. The Morgan fingerprint density at radius 3 is 2.00 bits per heavy atom. The van der Waals surface area contributed by atoms with E-state index in [4.69, 9.17) is 10.5 Å². The average Bonchev–Trinajstić information content (AvgIpc) is 2.13. The lowest BCUT2D eigenvalue weighted by atomic mass is 9.76. The van der Waals surface area contributed by atoms with Crippen LogP contribution < -0.4 is 11.1 Å². The van der Waals surface area contributed by atoms with E-state index in [-0.39, 0.29) is 17.7 Å². The molecule has 1 aliphatic carbocycles. The minimum atomic E-state index is -0.430. The summed E-state index contributed by atoms with van der Waals surface area (Å²) in [6.07, 6.45) is 3.82. The third-order valence-electron chi connectivity index (χ3n) is 3.50. The molecule has 0 heterocycles. The van der Waals surface area contributed by atoms with Crippen LogP contribution in [0.1, 0.15) is 60.3 Å². The van der Waals surface area contributed by atoms with Gasteiger partial charge in [0.2, 0.25) is 0 Å². The van der Waals surface area contributed by atoms with Crippen LogP contribution in [0.15, 0.2) is 0 Å². The maximum Gasteiger partial charge on any atom is 0.407 e. The van der Waals surface area contributed by atoms with Gasteiger partial charge in [-0.3, -0.25) is 0 Å². The third-order valence-corrected chi connectivity index (χ3v) is 3.50. The zero-order valence-electron chi connectivity index (χ0n) is 12.4. The average molecular weight is 256 g/mol. The second kappa shape index (κ2) is 5.47. The Hall–Kier alpha value is -0.770. The first-order chi connectivity index (χ1) is 8.08. The number of carbonyl (C=O) groups is 1. The van der Waals surface area contributed by atoms with E-state index in [0.717, 1.165) is 25.7 Å². The zero-order chi connectivity index (χ0) is 14.0. The van der Waals surface area contributed by atoms with Gasteiger partial charge in [0.05, 0.1) is 0 Å². The van der Waals surface area contributed by atoms with Crippen molar-refractivity contribution >= 4 is 6.09 Å². The number of rotatable bonds is 2. The minimum Gasteiger partial charge on any atom is -0.444 e. The van der Waals surface area contributed by atoms with Crippen molar-refractivity contribution in [3.05, 3.63) is 0 Å². The van der Waals surface area contributed by atoms with Crippen molar-refractivity contribution in [3.8, 4) is 0 Å². The molecule has 1 aliphatic rings. The van der Waals surface area contributed by atoms with Gasteiger partial charge in [0, 0.05) is 11.6 Å². The van der Waals surface area contributed by atoms with Gasteiger partial charge in [0.15, 0.2) is 0 Å². The van der Waals surface area contributed by atoms with E-state index in [9.17, 15) is 4.79 Å². The van der Waals surface area contributed by atoms with Crippen LogP contribution in [0, 0.1) is 5.92 Å². The van der Waals surface area contributed by atoms with Crippen LogP contribution in [0.4, 0.5) is 4.79 Å². The molecule has 4 nitrogen and oxygen atoms in total. The summed E-state index contributed by atoms with van der Waals surface area (Å²) in [6, 6.07) is 0.235. The molecule has 1 fully saturated rings. The summed E-state index contributed by atoms with van der Waals surface area (Å²) in [4.78, 5) is 11.6. The Balaban J connectivity index is 2.34. The SMILES string of the molecule is CC(C)(C)OC(=O)NC1CCC(C(C)(C)N)CC1. The molecule has 0 spiro atoms. The van der Waals surface area contributed by atoms with Gasteiger partial charge in [-0.25, -0.2) is 4.79 Å². The van der Waals surface area contributed by atoms with Gasteiger partial charge in [0.25, 0.3) is 0 Å². The second-order valence-corrected chi connectivity index (χ2v) is 7.02. The predicted octanol–water partition coefficient (Wildman–Crippen LogP) is 2.81. The smallest absolute Gasteiger partial charge is 0.407 e. The quantitative estimate of drug-likeness (QED) is 0.798. The number of alkyl carbamates (subject to hydrolysis) is 1. The standard InChI is InChI=1S/C14H28N2O2/c1-13(2,3)18-12(17)16-11-8-6-10(7-9-11)14(4,5)15/h10-11H,6-9,15H2,1-5H3,(H,16,17). The van der Waals surface area contributed by atoms with E-state index in [0.29, 0.717) is 5.92 Å². The van der Waals surface area contributed by atoms with Crippen molar-refractivity contribution in [2.75, 3.05) is 0 Å². The zero-order valence-corrected chi connectivity index (χ0v) is 12.4. The number of carbonyl (C=O) groups excluding carboxylic acids is 1. The summed E-state index contributed by atoms with van der Waals surface area (Å²) in [5.41, 5.74) is 5.58. The van der Waals surface area contributed by atoms with Gasteiger partial charge in [-0.2, -0.15) is 0 Å². The fourth-order valence-electron chi connectivity index (χ4n) is 2.46. The van der Waals surface area contributed by atoms with Crippen LogP contribution in [0.2, 0.25) is 0 Å². The molecule has 3 N–H and O–H groups in total. The molecule has 0 radical (unpaired) electrons. The Labute approximate surface area is 111 Å². The number of ether oxygens (including phenoxy) is 1. The Kier molecular flexibility index (Phi) is 4.65. The molecule has 1 saturated carbocycles. The highest BCUT2D eigenvalue weighted by molar-refractivity contribution is 5.68. The molecule has 18 heavy (non-hydrogen) atoms. The van der Waals surface area contributed by atoms with Gasteiger partial charge in [0.1, 0.15) is 5.60 Å². The molecule has 106 valence electrons. The topological polar surface area (TPSA) is 64.3 Å². The molecule has 0 aromatic rings. The summed E-state index contributed by atoms with van der Waals surface area (Å²) < 4.78 is 5.26. The van der Waals surface area contributed by atoms with E-state index in [1.54, 1.807) is 0 Å². The minimum absolute atomic E-state index is 0.114. The lowest BCUT2D eigenvalue weighted by Gasteiger charge is -2.37. The maximum absolute atomic E-state index is 11.6. The number of amides is 1. The van der Waals surface area contributed by atoms with E-state index in [1.165, 1.54) is 0 Å². The molecule has 0 aromatic heterocycles. The van der Waals surface area contributed by atoms with E-state index < -0.39 is 5.60 Å². The molecular weight excluding hydrogens is 228 g/mol. The monoisotopic (exact) mass is 256 g/mol. The van der Waals surface area contributed by atoms with Crippen LogP contribution in [-0.2, 0) is 4.74 Å². The summed E-state index contributed by atoms with van der Waals surface area (Å²) in [6.45, 7) is 9.79. The fourth-order valence-corrected chi connectivity index (χ4v) is 2.46. The highest BCUT2D eigenvalue weighted by Crippen LogP contribution is 2.31. The maximum atomic E-state index is 11.6. The first-order valence-electron chi connectivity index (χ1n) is 6.86. The number of nitrogens with two attached hydrogens (primary N) is 1.